The molecule has 0 bridgehead atoms. The van der Waals surface area contributed by atoms with Gasteiger partial charge >= 0.3 is 0 Å². The smallest absolute Gasteiger partial charge is 0.219 e. The van der Waals surface area contributed by atoms with Crippen molar-refractivity contribution in [2.45, 2.75) is 25.3 Å². The monoisotopic (exact) mass is 561 g/mol. The van der Waals surface area contributed by atoms with Gasteiger partial charge in [-0.3, -0.25) is 24.1 Å². The van der Waals surface area contributed by atoms with Crippen LogP contribution in [0.3, 0.4) is 0 Å². The number of pyridine rings is 1. The fourth-order valence-corrected chi connectivity index (χ4v) is 4.90. The number of hydrogen-bond acceptors (Lipinski definition) is 7. The number of ketones is 1. The molecule has 0 atom stereocenters. The van der Waals surface area contributed by atoms with Crippen molar-refractivity contribution < 1.29 is 13.9 Å². The Labute approximate surface area is 238 Å². The molecule has 6 aromatic rings. The predicted octanol–water partition coefficient (Wildman–Crippen LogP) is 5.27. The molecular formula is C31H24FN7O3. The van der Waals surface area contributed by atoms with E-state index in [-0.39, 0.29) is 18.2 Å². The summed E-state index contributed by atoms with van der Waals surface area (Å²) >= 11 is 0. The van der Waals surface area contributed by atoms with Gasteiger partial charge < -0.3 is 4.74 Å². The third-order valence-corrected chi connectivity index (χ3v) is 7.31. The maximum absolute atomic E-state index is 13.5. The molecule has 0 aliphatic heterocycles. The van der Waals surface area contributed by atoms with E-state index in [1.54, 1.807) is 52.5 Å². The fourth-order valence-electron chi connectivity index (χ4n) is 4.90. The van der Waals surface area contributed by atoms with Crippen molar-refractivity contribution in [2.75, 3.05) is 0 Å². The van der Waals surface area contributed by atoms with Crippen LogP contribution >= 0.6 is 0 Å². The Morgan fingerprint density at radius 3 is 2.60 bits per heavy atom. The van der Waals surface area contributed by atoms with Gasteiger partial charge in [0.05, 0.1) is 24.0 Å². The van der Waals surface area contributed by atoms with Crippen molar-refractivity contribution in [1.29, 1.82) is 0 Å². The van der Waals surface area contributed by atoms with Gasteiger partial charge in [-0.1, -0.05) is 18.2 Å². The molecule has 0 amide bonds. The summed E-state index contributed by atoms with van der Waals surface area (Å²) in [5.74, 6) is 0.0994. The van der Waals surface area contributed by atoms with E-state index in [0.717, 1.165) is 34.9 Å². The SMILES string of the molecule is Cn1ncc2cc(Oc3ccc(CC(=O)c4nn(C5CC5)cc(-c5ccc(F)cc5)c4=O)cn3)c(-c3cn[nH]c3)cc21. The minimum atomic E-state index is -0.478. The summed E-state index contributed by atoms with van der Waals surface area (Å²) < 4.78 is 23.1. The number of carbonyl (C=O) groups is 1. The maximum Gasteiger partial charge on any atom is 0.219 e. The van der Waals surface area contributed by atoms with Crippen molar-refractivity contribution in [3.05, 3.63) is 107 Å². The second-order valence-corrected chi connectivity index (χ2v) is 10.3. The third-order valence-electron chi connectivity index (χ3n) is 7.31. The second kappa shape index (κ2) is 10.2. The third kappa shape index (κ3) is 4.85. The summed E-state index contributed by atoms with van der Waals surface area (Å²) in [4.78, 5) is 31.1. The summed E-state index contributed by atoms with van der Waals surface area (Å²) in [6.45, 7) is 0. The number of Topliss-reactive ketones (excluding diaryl/α,β-unsaturated/α-hetero) is 1. The fraction of sp³-hybridized carbons (Fsp3) is 0.161. The summed E-state index contributed by atoms with van der Waals surface area (Å²) in [6, 6.07) is 13.1. The zero-order valence-electron chi connectivity index (χ0n) is 22.5. The van der Waals surface area contributed by atoms with Crippen LogP contribution in [0.5, 0.6) is 11.6 Å². The van der Waals surface area contributed by atoms with E-state index in [1.807, 2.05) is 19.2 Å². The molecule has 1 saturated carbocycles. The van der Waals surface area contributed by atoms with E-state index in [0.29, 0.717) is 28.3 Å². The highest BCUT2D eigenvalue weighted by Crippen LogP contribution is 2.36. The molecule has 208 valence electrons. The van der Waals surface area contributed by atoms with Gasteiger partial charge in [0.25, 0.3) is 0 Å². The number of fused-ring (bicyclic) bond motifs is 1. The minimum Gasteiger partial charge on any atom is -0.438 e. The van der Waals surface area contributed by atoms with Crippen LogP contribution in [0, 0.1) is 5.82 Å². The Balaban J connectivity index is 1.15. The van der Waals surface area contributed by atoms with Crippen LogP contribution in [0.2, 0.25) is 0 Å². The number of nitrogens with zero attached hydrogens (tertiary/aromatic N) is 6. The van der Waals surface area contributed by atoms with Crippen LogP contribution in [0.15, 0.2) is 84.3 Å². The van der Waals surface area contributed by atoms with E-state index >= 15 is 0 Å². The molecule has 4 aromatic heterocycles. The standard InChI is InChI=1S/C31H24FN7O3/c1-38-26-12-24(21-14-34-35-15-21)28(11-20(26)16-36-38)42-29-9-2-18(13-33-29)10-27(40)30-31(41)25(17-39(37-30)23-7-8-23)19-3-5-22(32)6-4-19/h2-6,9,11-17,23H,7-8,10H2,1H3,(H,34,35). The largest absolute Gasteiger partial charge is 0.438 e. The Morgan fingerprint density at radius 1 is 1.05 bits per heavy atom. The number of nitrogens with one attached hydrogen (secondary N) is 1. The van der Waals surface area contributed by atoms with E-state index in [1.165, 1.54) is 24.3 Å². The van der Waals surface area contributed by atoms with Crippen molar-refractivity contribution in [3.63, 3.8) is 0 Å². The summed E-state index contributed by atoms with van der Waals surface area (Å²) in [5, 5.41) is 16.5. The van der Waals surface area contributed by atoms with E-state index in [2.05, 4.69) is 25.4 Å². The quantitative estimate of drug-likeness (QED) is 0.251. The van der Waals surface area contributed by atoms with Crippen molar-refractivity contribution in [3.8, 4) is 33.9 Å². The molecule has 0 saturated heterocycles. The number of H-pyrrole nitrogens is 1. The van der Waals surface area contributed by atoms with Crippen LogP contribution in [0.4, 0.5) is 4.39 Å². The van der Waals surface area contributed by atoms with Gasteiger partial charge in [0.15, 0.2) is 11.5 Å². The molecule has 0 unspecified atom stereocenters. The summed E-state index contributed by atoms with van der Waals surface area (Å²) in [6.07, 6.45) is 10.2. The summed E-state index contributed by atoms with van der Waals surface area (Å²) in [5.41, 5.74) is 3.46. The Bertz CT molecular complexity index is 1990. The molecule has 7 rings (SSSR count). The first-order valence-electron chi connectivity index (χ1n) is 13.4. The molecule has 0 radical (unpaired) electrons. The maximum atomic E-state index is 13.5. The Morgan fingerprint density at radius 2 is 1.88 bits per heavy atom. The van der Waals surface area contributed by atoms with Crippen molar-refractivity contribution in [1.82, 2.24) is 34.7 Å². The molecule has 2 aromatic carbocycles. The van der Waals surface area contributed by atoms with Gasteiger partial charge in [-0.05, 0) is 48.2 Å². The van der Waals surface area contributed by atoms with Gasteiger partial charge in [-0.15, -0.1) is 0 Å². The minimum absolute atomic E-state index is 0.0605. The molecule has 4 heterocycles. The normalized spacial score (nSPS) is 13.0. The molecule has 11 heteroatoms. The first-order chi connectivity index (χ1) is 20.4. The molecular weight excluding hydrogens is 537 g/mol. The van der Waals surface area contributed by atoms with Crippen LogP contribution < -0.4 is 10.2 Å². The number of carbonyl (C=O) groups excluding carboxylic acids is 1. The van der Waals surface area contributed by atoms with Gasteiger partial charge in [-0.25, -0.2) is 9.37 Å². The average molecular weight is 562 g/mol. The molecule has 1 fully saturated rings. The molecule has 1 aliphatic rings. The number of hydrogen-bond donors (Lipinski definition) is 1. The number of ether oxygens (including phenoxy) is 1. The summed E-state index contributed by atoms with van der Waals surface area (Å²) in [7, 11) is 1.87. The molecule has 42 heavy (non-hydrogen) atoms. The lowest BCUT2D eigenvalue weighted by Gasteiger charge is -2.11. The van der Waals surface area contributed by atoms with E-state index < -0.39 is 17.0 Å². The number of aromatic nitrogens is 7. The lowest BCUT2D eigenvalue weighted by molar-refractivity contribution is 0.0984. The highest BCUT2D eigenvalue weighted by atomic mass is 19.1. The second-order valence-electron chi connectivity index (χ2n) is 10.3. The number of rotatable bonds is 8. The Kier molecular flexibility index (Phi) is 6.19. The number of aromatic amines is 1. The van der Waals surface area contributed by atoms with Crippen molar-refractivity contribution in [2.24, 2.45) is 7.05 Å². The number of halogens is 1. The molecule has 1 N–H and O–H groups in total. The van der Waals surface area contributed by atoms with E-state index in [4.69, 9.17) is 4.74 Å². The van der Waals surface area contributed by atoms with Crippen molar-refractivity contribution >= 4 is 16.7 Å². The average Bonchev–Trinajstić information content (AvgIpc) is 3.58. The first kappa shape index (κ1) is 25.5. The predicted molar refractivity (Wildman–Crippen MR) is 153 cm³/mol. The molecule has 0 spiro atoms. The van der Waals surface area contributed by atoms with Crippen LogP contribution in [-0.2, 0) is 13.5 Å². The zero-order chi connectivity index (χ0) is 28.8. The van der Waals surface area contributed by atoms with E-state index in [9.17, 15) is 14.0 Å². The van der Waals surface area contributed by atoms with Crippen LogP contribution in [-0.4, -0.2) is 40.5 Å². The van der Waals surface area contributed by atoms with Gasteiger partial charge in [0, 0.05) is 60.2 Å². The molecule has 1 aliphatic carbocycles. The van der Waals surface area contributed by atoms with Gasteiger partial charge in [0.1, 0.15) is 11.6 Å². The highest BCUT2D eigenvalue weighted by Gasteiger charge is 2.27. The number of aryl methyl sites for hydroxylation is 1. The Hall–Kier alpha value is -5.45. The van der Waals surface area contributed by atoms with Gasteiger partial charge in [0.2, 0.25) is 11.3 Å². The lowest BCUT2D eigenvalue weighted by atomic mass is 10.0. The highest BCUT2D eigenvalue weighted by molar-refractivity contribution is 5.96. The van der Waals surface area contributed by atoms with Crippen LogP contribution in [0.25, 0.3) is 33.2 Å². The topological polar surface area (TPSA) is 121 Å². The molecule has 10 nitrogen and oxygen atoms in total. The van der Waals surface area contributed by atoms with Crippen LogP contribution in [0.1, 0.15) is 34.9 Å². The van der Waals surface area contributed by atoms with Gasteiger partial charge in [-0.2, -0.15) is 15.3 Å². The lowest BCUT2D eigenvalue weighted by Crippen LogP contribution is -2.24. The first-order valence-corrected chi connectivity index (χ1v) is 13.4. The number of benzene rings is 2. The zero-order valence-corrected chi connectivity index (χ0v) is 22.5.